The van der Waals surface area contributed by atoms with Crippen molar-refractivity contribution in [2.24, 2.45) is 5.41 Å². The van der Waals surface area contributed by atoms with E-state index in [1.54, 1.807) is 0 Å². The van der Waals surface area contributed by atoms with E-state index in [1.165, 1.54) is 0 Å². The molecule has 1 aliphatic rings. The largest absolute Gasteiger partial charge is 0.481 e. The predicted molar refractivity (Wildman–Crippen MR) is 39.5 cm³/mol. The summed E-state index contributed by atoms with van der Waals surface area (Å²) in [6.07, 6.45) is -6.91. The molecule has 0 spiro atoms. The molecule has 0 saturated heterocycles. The van der Waals surface area contributed by atoms with Gasteiger partial charge in [-0.15, -0.1) is 0 Å². The van der Waals surface area contributed by atoms with Crippen LogP contribution in [0.3, 0.4) is 0 Å². The number of aliphatic carboxylic acids is 1. The van der Waals surface area contributed by atoms with Crippen molar-refractivity contribution >= 4 is 5.97 Å². The first-order valence-electron chi connectivity index (χ1n) is 4.33. The highest BCUT2D eigenvalue weighted by Crippen LogP contribution is 2.56. The standard InChI is InChI=1S/C8H9F5O2/c9-7(10,8(11,12)13)6(5(14)15)3-1-2-4-6/h1-4H2,(H,14,15). The molecular formula is C8H9F5O2. The highest BCUT2D eigenvalue weighted by Gasteiger charge is 2.73. The van der Waals surface area contributed by atoms with Crippen LogP contribution in [0.2, 0.25) is 0 Å². The first-order valence-corrected chi connectivity index (χ1v) is 4.33. The van der Waals surface area contributed by atoms with Crippen LogP contribution < -0.4 is 0 Å². The third kappa shape index (κ3) is 1.57. The molecule has 0 amide bonds. The summed E-state index contributed by atoms with van der Waals surface area (Å²) in [6.45, 7) is 0. The maximum atomic E-state index is 13.0. The third-order valence-electron chi connectivity index (χ3n) is 2.82. The molecule has 88 valence electrons. The van der Waals surface area contributed by atoms with Crippen LogP contribution in [-0.2, 0) is 4.79 Å². The Morgan fingerprint density at radius 2 is 1.47 bits per heavy atom. The van der Waals surface area contributed by atoms with Gasteiger partial charge < -0.3 is 5.11 Å². The summed E-state index contributed by atoms with van der Waals surface area (Å²) >= 11 is 0. The molecule has 1 rings (SSSR count). The number of carbonyl (C=O) groups is 1. The maximum absolute atomic E-state index is 13.0. The van der Waals surface area contributed by atoms with Crippen molar-refractivity contribution in [2.75, 3.05) is 0 Å². The predicted octanol–water partition coefficient (Wildman–Crippen LogP) is 2.83. The summed E-state index contributed by atoms with van der Waals surface area (Å²) in [6, 6.07) is 0. The number of alkyl halides is 5. The second-order valence-electron chi connectivity index (χ2n) is 3.67. The van der Waals surface area contributed by atoms with Crippen molar-refractivity contribution < 1.29 is 31.9 Å². The van der Waals surface area contributed by atoms with Gasteiger partial charge in [0.25, 0.3) is 0 Å². The Morgan fingerprint density at radius 1 is 1.07 bits per heavy atom. The monoisotopic (exact) mass is 232 g/mol. The fourth-order valence-corrected chi connectivity index (χ4v) is 1.91. The first-order chi connectivity index (χ1) is 6.65. The molecule has 0 radical (unpaired) electrons. The zero-order chi connectivity index (χ0) is 11.9. The van der Waals surface area contributed by atoms with E-state index in [4.69, 9.17) is 5.11 Å². The molecular weight excluding hydrogens is 223 g/mol. The van der Waals surface area contributed by atoms with Crippen LogP contribution >= 0.6 is 0 Å². The van der Waals surface area contributed by atoms with Gasteiger partial charge in [-0.1, -0.05) is 12.8 Å². The minimum Gasteiger partial charge on any atom is -0.481 e. The Morgan fingerprint density at radius 3 is 1.73 bits per heavy atom. The molecule has 1 fully saturated rings. The lowest BCUT2D eigenvalue weighted by Gasteiger charge is -2.34. The molecule has 0 aromatic heterocycles. The van der Waals surface area contributed by atoms with Crippen molar-refractivity contribution in [1.82, 2.24) is 0 Å². The minimum atomic E-state index is -5.81. The summed E-state index contributed by atoms with van der Waals surface area (Å²) in [5.74, 6) is -7.23. The Kier molecular flexibility index (Phi) is 2.69. The first kappa shape index (κ1) is 12.2. The molecule has 15 heavy (non-hydrogen) atoms. The highest BCUT2D eigenvalue weighted by molar-refractivity contribution is 5.76. The lowest BCUT2D eigenvalue weighted by Crippen LogP contribution is -2.54. The Labute approximate surface area is 82.1 Å². The molecule has 0 unspecified atom stereocenters. The minimum absolute atomic E-state index is 0.0813. The molecule has 0 bridgehead atoms. The molecule has 0 aliphatic heterocycles. The normalized spacial score (nSPS) is 21.7. The van der Waals surface area contributed by atoms with Gasteiger partial charge in [-0.25, -0.2) is 0 Å². The SMILES string of the molecule is O=C(O)C1(C(F)(F)C(F)(F)F)CCCC1. The molecule has 0 aromatic rings. The number of halogens is 5. The van der Waals surface area contributed by atoms with Crippen LogP contribution in [-0.4, -0.2) is 23.2 Å². The average molecular weight is 232 g/mol. The van der Waals surface area contributed by atoms with Gasteiger partial charge in [0.1, 0.15) is 5.41 Å². The lowest BCUT2D eigenvalue weighted by molar-refractivity contribution is -0.322. The molecule has 0 heterocycles. The summed E-state index contributed by atoms with van der Waals surface area (Å²) < 4.78 is 62.3. The van der Waals surface area contributed by atoms with Crippen LogP contribution in [0.5, 0.6) is 0 Å². The van der Waals surface area contributed by atoms with E-state index in [0.29, 0.717) is 0 Å². The summed E-state index contributed by atoms with van der Waals surface area (Å²) in [5.41, 5.74) is -2.97. The van der Waals surface area contributed by atoms with Gasteiger partial charge in [0.05, 0.1) is 0 Å². The molecule has 0 atom stereocenters. The van der Waals surface area contributed by atoms with E-state index in [-0.39, 0.29) is 12.8 Å². The molecule has 1 aliphatic carbocycles. The van der Waals surface area contributed by atoms with Crippen molar-refractivity contribution in [3.05, 3.63) is 0 Å². The van der Waals surface area contributed by atoms with Crippen molar-refractivity contribution in [1.29, 1.82) is 0 Å². The fourth-order valence-electron chi connectivity index (χ4n) is 1.91. The molecule has 1 saturated carbocycles. The molecule has 1 N–H and O–H groups in total. The van der Waals surface area contributed by atoms with Crippen LogP contribution in [0.1, 0.15) is 25.7 Å². The maximum Gasteiger partial charge on any atom is 0.454 e. The second-order valence-corrected chi connectivity index (χ2v) is 3.67. The van der Waals surface area contributed by atoms with Gasteiger partial charge in [0.15, 0.2) is 0 Å². The van der Waals surface area contributed by atoms with Crippen molar-refractivity contribution in [2.45, 2.75) is 37.8 Å². The zero-order valence-electron chi connectivity index (χ0n) is 7.57. The fraction of sp³-hybridized carbons (Fsp3) is 0.875. The zero-order valence-corrected chi connectivity index (χ0v) is 7.57. The quantitative estimate of drug-likeness (QED) is 0.743. The highest BCUT2D eigenvalue weighted by atomic mass is 19.4. The van der Waals surface area contributed by atoms with Crippen molar-refractivity contribution in [3.8, 4) is 0 Å². The van der Waals surface area contributed by atoms with E-state index in [0.717, 1.165) is 0 Å². The van der Waals surface area contributed by atoms with Crippen LogP contribution in [0, 0.1) is 5.41 Å². The summed E-state index contributed by atoms with van der Waals surface area (Å²) in [4.78, 5) is 10.6. The second kappa shape index (κ2) is 3.31. The summed E-state index contributed by atoms with van der Waals surface area (Å²) in [5, 5.41) is 8.58. The van der Waals surface area contributed by atoms with E-state index >= 15 is 0 Å². The summed E-state index contributed by atoms with van der Waals surface area (Å²) in [7, 11) is 0. The van der Waals surface area contributed by atoms with Gasteiger partial charge in [-0.3, -0.25) is 4.79 Å². The smallest absolute Gasteiger partial charge is 0.454 e. The molecule has 0 aromatic carbocycles. The van der Waals surface area contributed by atoms with Crippen molar-refractivity contribution in [3.63, 3.8) is 0 Å². The Bertz CT molecular complexity index is 265. The van der Waals surface area contributed by atoms with Gasteiger partial charge in [-0.2, -0.15) is 22.0 Å². The van der Waals surface area contributed by atoms with E-state index in [2.05, 4.69) is 0 Å². The van der Waals surface area contributed by atoms with E-state index < -0.39 is 36.3 Å². The molecule has 7 heteroatoms. The van der Waals surface area contributed by atoms with Gasteiger partial charge >= 0.3 is 18.1 Å². The number of rotatable bonds is 2. The van der Waals surface area contributed by atoms with Gasteiger partial charge in [0, 0.05) is 0 Å². The topological polar surface area (TPSA) is 37.3 Å². The Balaban J connectivity index is 3.15. The molecule has 2 nitrogen and oxygen atoms in total. The van der Waals surface area contributed by atoms with E-state index in [9.17, 15) is 26.7 Å². The number of carboxylic acids is 1. The van der Waals surface area contributed by atoms with Crippen LogP contribution in [0.25, 0.3) is 0 Å². The number of carboxylic acid groups (broad SMARTS) is 1. The number of hydrogen-bond acceptors (Lipinski definition) is 1. The number of hydrogen-bond donors (Lipinski definition) is 1. The Hall–Kier alpha value is -0.880. The van der Waals surface area contributed by atoms with E-state index in [1.807, 2.05) is 0 Å². The lowest BCUT2D eigenvalue weighted by atomic mass is 9.79. The third-order valence-corrected chi connectivity index (χ3v) is 2.82. The van der Waals surface area contributed by atoms with Crippen LogP contribution in [0.4, 0.5) is 22.0 Å². The average Bonchev–Trinajstić information content (AvgIpc) is 2.50. The van der Waals surface area contributed by atoms with Crippen LogP contribution in [0.15, 0.2) is 0 Å². The van der Waals surface area contributed by atoms with Gasteiger partial charge in [-0.05, 0) is 12.8 Å². The van der Waals surface area contributed by atoms with Gasteiger partial charge in [0.2, 0.25) is 0 Å².